The molecule has 3 heteroatoms. The van der Waals surface area contributed by atoms with Crippen LogP contribution in [0.5, 0.6) is 5.75 Å². The highest BCUT2D eigenvalue weighted by atomic mass is 16.5. The van der Waals surface area contributed by atoms with E-state index < -0.39 is 6.10 Å². The molecule has 0 bridgehead atoms. The molecule has 0 aromatic heterocycles. The van der Waals surface area contributed by atoms with Crippen LogP contribution in [-0.4, -0.2) is 18.3 Å². The minimum absolute atomic E-state index is 0.150. The predicted octanol–water partition coefficient (Wildman–Crippen LogP) is 2.02. The first-order chi connectivity index (χ1) is 7.47. The fraction of sp³-hybridized carbons (Fsp3) is 0.538. The van der Waals surface area contributed by atoms with E-state index in [0.29, 0.717) is 0 Å². The van der Waals surface area contributed by atoms with Crippen LogP contribution < -0.4 is 10.5 Å². The number of nitrogens with two attached hydrogens (primary N) is 1. The average molecular weight is 223 g/mol. The molecule has 16 heavy (non-hydrogen) atoms. The summed E-state index contributed by atoms with van der Waals surface area (Å²) in [6, 6.07) is 5.42. The molecule has 0 spiro atoms. The van der Waals surface area contributed by atoms with Crippen LogP contribution in [0.25, 0.3) is 0 Å². The summed E-state index contributed by atoms with van der Waals surface area (Å²) in [7, 11) is 1.64. The van der Waals surface area contributed by atoms with Crippen molar-refractivity contribution in [2.24, 2.45) is 11.7 Å². The molecule has 0 unspecified atom stereocenters. The van der Waals surface area contributed by atoms with E-state index in [1.54, 1.807) is 7.11 Å². The number of aryl methyl sites for hydroxylation is 1. The van der Waals surface area contributed by atoms with Crippen LogP contribution >= 0.6 is 0 Å². The van der Waals surface area contributed by atoms with E-state index in [1.807, 2.05) is 39.0 Å². The van der Waals surface area contributed by atoms with E-state index in [-0.39, 0.29) is 12.0 Å². The first kappa shape index (κ1) is 13.0. The third kappa shape index (κ3) is 2.74. The van der Waals surface area contributed by atoms with E-state index in [1.165, 1.54) is 0 Å². The fourth-order valence-electron chi connectivity index (χ4n) is 1.72. The summed E-state index contributed by atoms with van der Waals surface area (Å²) in [5.41, 5.74) is 7.99. The molecule has 0 fully saturated rings. The molecule has 3 N–H and O–H groups in total. The van der Waals surface area contributed by atoms with Gasteiger partial charge < -0.3 is 15.6 Å². The third-order valence-electron chi connectivity index (χ3n) is 2.85. The maximum Gasteiger partial charge on any atom is 0.121 e. The molecule has 0 radical (unpaired) electrons. The Bertz CT molecular complexity index is 350. The summed E-state index contributed by atoms with van der Waals surface area (Å²) < 4.78 is 5.18. The minimum Gasteiger partial charge on any atom is -0.496 e. The second-order valence-corrected chi connectivity index (χ2v) is 4.49. The molecule has 0 saturated heterocycles. The molecule has 0 aliphatic rings. The quantitative estimate of drug-likeness (QED) is 0.821. The van der Waals surface area contributed by atoms with Crippen LogP contribution in [0.1, 0.15) is 31.0 Å². The standard InChI is InChI=1S/C13H21NO2/c1-8(2)13(15)12(14)10-5-6-11(16-4)9(3)7-10/h5-8,12-13,15H,14H2,1-4H3/t12-,13+/m1/s1. The normalized spacial score (nSPS) is 14.9. The van der Waals surface area contributed by atoms with Crippen molar-refractivity contribution in [3.8, 4) is 5.75 Å². The molecule has 90 valence electrons. The van der Waals surface area contributed by atoms with Gasteiger partial charge in [-0.25, -0.2) is 0 Å². The number of aliphatic hydroxyl groups is 1. The molecule has 0 heterocycles. The Balaban J connectivity index is 2.92. The van der Waals surface area contributed by atoms with Gasteiger partial charge in [0.15, 0.2) is 0 Å². The zero-order chi connectivity index (χ0) is 12.3. The Morgan fingerprint density at radius 3 is 2.38 bits per heavy atom. The van der Waals surface area contributed by atoms with Gasteiger partial charge in [0.2, 0.25) is 0 Å². The van der Waals surface area contributed by atoms with Crippen LogP contribution in [0.4, 0.5) is 0 Å². The summed E-state index contributed by atoms with van der Waals surface area (Å²) in [6.45, 7) is 5.89. The lowest BCUT2D eigenvalue weighted by Crippen LogP contribution is -2.30. The molecule has 1 rings (SSSR count). The van der Waals surface area contributed by atoms with Gasteiger partial charge in [-0.15, -0.1) is 0 Å². The monoisotopic (exact) mass is 223 g/mol. The van der Waals surface area contributed by atoms with Gasteiger partial charge in [-0.05, 0) is 30.0 Å². The van der Waals surface area contributed by atoms with Gasteiger partial charge >= 0.3 is 0 Å². The molecule has 3 nitrogen and oxygen atoms in total. The zero-order valence-corrected chi connectivity index (χ0v) is 10.4. The maximum absolute atomic E-state index is 9.91. The number of methoxy groups -OCH3 is 1. The lowest BCUT2D eigenvalue weighted by Gasteiger charge is -2.23. The predicted molar refractivity (Wildman–Crippen MR) is 65.5 cm³/mol. The van der Waals surface area contributed by atoms with Crippen molar-refractivity contribution in [3.63, 3.8) is 0 Å². The second kappa shape index (κ2) is 5.32. The van der Waals surface area contributed by atoms with E-state index in [2.05, 4.69) is 0 Å². The van der Waals surface area contributed by atoms with Crippen molar-refractivity contribution in [2.75, 3.05) is 7.11 Å². The van der Waals surface area contributed by atoms with Crippen LogP contribution in [0, 0.1) is 12.8 Å². The van der Waals surface area contributed by atoms with Crippen LogP contribution in [0.15, 0.2) is 18.2 Å². The molecular formula is C13H21NO2. The van der Waals surface area contributed by atoms with Crippen molar-refractivity contribution in [1.29, 1.82) is 0 Å². The zero-order valence-electron chi connectivity index (χ0n) is 10.4. The second-order valence-electron chi connectivity index (χ2n) is 4.49. The van der Waals surface area contributed by atoms with Gasteiger partial charge in [-0.1, -0.05) is 26.0 Å². The van der Waals surface area contributed by atoms with Crippen molar-refractivity contribution >= 4 is 0 Å². The number of rotatable bonds is 4. The highest BCUT2D eigenvalue weighted by molar-refractivity contribution is 5.37. The van der Waals surface area contributed by atoms with Gasteiger partial charge in [0.25, 0.3) is 0 Å². The van der Waals surface area contributed by atoms with Crippen molar-refractivity contribution in [1.82, 2.24) is 0 Å². The SMILES string of the molecule is COc1ccc([C@@H](N)[C@@H](O)C(C)C)cc1C. The molecule has 1 aromatic rings. The van der Waals surface area contributed by atoms with Gasteiger partial charge in [0.1, 0.15) is 5.75 Å². The minimum atomic E-state index is -0.521. The lowest BCUT2D eigenvalue weighted by atomic mass is 9.93. The smallest absolute Gasteiger partial charge is 0.121 e. The number of hydrogen-bond acceptors (Lipinski definition) is 3. The van der Waals surface area contributed by atoms with Crippen molar-refractivity contribution in [3.05, 3.63) is 29.3 Å². The number of hydrogen-bond donors (Lipinski definition) is 2. The highest BCUT2D eigenvalue weighted by Gasteiger charge is 2.20. The Labute approximate surface area is 97.2 Å². The van der Waals surface area contributed by atoms with Crippen LogP contribution in [-0.2, 0) is 0 Å². The average Bonchev–Trinajstić information content (AvgIpc) is 2.26. The Kier molecular flexibility index (Phi) is 4.33. The third-order valence-corrected chi connectivity index (χ3v) is 2.85. The van der Waals surface area contributed by atoms with Gasteiger partial charge in [0.05, 0.1) is 19.3 Å². The molecule has 0 amide bonds. The molecular weight excluding hydrogens is 202 g/mol. The van der Waals surface area contributed by atoms with Gasteiger partial charge in [-0.2, -0.15) is 0 Å². The van der Waals surface area contributed by atoms with Crippen molar-refractivity contribution in [2.45, 2.75) is 32.9 Å². The van der Waals surface area contributed by atoms with E-state index in [9.17, 15) is 5.11 Å². The number of ether oxygens (including phenoxy) is 1. The van der Waals surface area contributed by atoms with Gasteiger partial charge in [0, 0.05) is 0 Å². The summed E-state index contributed by atoms with van der Waals surface area (Å²) >= 11 is 0. The Morgan fingerprint density at radius 2 is 1.94 bits per heavy atom. The molecule has 0 aliphatic heterocycles. The number of benzene rings is 1. The summed E-state index contributed by atoms with van der Waals surface area (Å²) in [5, 5.41) is 9.91. The first-order valence-corrected chi connectivity index (χ1v) is 5.55. The lowest BCUT2D eigenvalue weighted by molar-refractivity contribution is 0.0979. The largest absolute Gasteiger partial charge is 0.496 e. The van der Waals surface area contributed by atoms with Gasteiger partial charge in [-0.3, -0.25) is 0 Å². The molecule has 0 saturated carbocycles. The first-order valence-electron chi connectivity index (χ1n) is 5.55. The molecule has 0 aliphatic carbocycles. The maximum atomic E-state index is 9.91. The van der Waals surface area contributed by atoms with E-state index in [4.69, 9.17) is 10.5 Å². The van der Waals surface area contributed by atoms with E-state index >= 15 is 0 Å². The molecule has 2 atom stereocenters. The van der Waals surface area contributed by atoms with Crippen LogP contribution in [0.3, 0.4) is 0 Å². The van der Waals surface area contributed by atoms with Crippen molar-refractivity contribution < 1.29 is 9.84 Å². The highest BCUT2D eigenvalue weighted by Crippen LogP contribution is 2.25. The summed E-state index contributed by atoms with van der Waals surface area (Å²) in [4.78, 5) is 0. The Morgan fingerprint density at radius 1 is 1.31 bits per heavy atom. The summed E-state index contributed by atoms with van der Waals surface area (Å²) in [5.74, 6) is 0.993. The summed E-state index contributed by atoms with van der Waals surface area (Å²) in [6.07, 6.45) is -0.521. The topological polar surface area (TPSA) is 55.5 Å². The van der Waals surface area contributed by atoms with E-state index in [0.717, 1.165) is 16.9 Å². The fourth-order valence-corrected chi connectivity index (χ4v) is 1.72. The molecule has 1 aromatic carbocycles. The number of aliphatic hydroxyl groups excluding tert-OH is 1. The Hall–Kier alpha value is -1.06. The van der Waals surface area contributed by atoms with Crippen LogP contribution in [0.2, 0.25) is 0 Å².